The molecule has 1 aliphatic heterocycles. The summed E-state index contributed by atoms with van der Waals surface area (Å²) < 4.78 is 13.5. The number of halogens is 1. The molecule has 1 amide bonds. The fourth-order valence-electron chi connectivity index (χ4n) is 4.70. The Morgan fingerprint density at radius 2 is 1.48 bits per heavy atom. The molecule has 0 radical (unpaired) electrons. The van der Waals surface area contributed by atoms with Crippen LogP contribution in [0.3, 0.4) is 0 Å². The molecule has 1 heterocycles. The Morgan fingerprint density at radius 1 is 1.00 bits per heavy atom. The first-order valence-corrected chi connectivity index (χ1v) is 8.86. The molecular weight excluding hydrogens is 353 g/mol. The summed E-state index contributed by atoms with van der Waals surface area (Å²) in [6.07, 6.45) is -1.41. The molecule has 6 nitrogen and oxygen atoms in total. The van der Waals surface area contributed by atoms with Crippen molar-refractivity contribution in [2.24, 2.45) is 16.7 Å². The molecule has 1 aromatic rings. The van der Waals surface area contributed by atoms with Crippen molar-refractivity contribution in [3.63, 3.8) is 0 Å². The second-order valence-corrected chi connectivity index (χ2v) is 9.42. The fraction of sp³-hybridized carbons (Fsp3) is 0.600. The van der Waals surface area contributed by atoms with Crippen LogP contribution in [0, 0.1) is 22.6 Å². The van der Waals surface area contributed by atoms with Crippen molar-refractivity contribution in [2.75, 3.05) is 0 Å². The highest BCUT2D eigenvalue weighted by Gasteiger charge is 2.68. The van der Waals surface area contributed by atoms with Crippen LogP contribution in [0.5, 0.6) is 0 Å². The minimum Gasteiger partial charge on any atom is -0.480 e. The van der Waals surface area contributed by atoms with Crippen molar-refractivity contribution < 1.29 is 29.3 Å². The SMILES string of the molecule is CC(C)(C)C1[C@@H](C(=O)O)N(C(=O)O)C(C(C)(C)C)[C@]1(O)c1ccc(F)cc1. The average molecular weight is 381 g/mol. The normalized spacial score (nSPS) is 29.0. The number of likely N-dealkylation sites (tertiary alicyclic amines) is 1. The molecule has 27 heavy (non-hydrogen) atoms. The standard InChI is InChI=1S/C20H28FNO5/c1-18(2,3)14-13(15(23)24)22(17(25)26)16(19(4,5)6)20(14,27)11-7-9-12(21)10-8-11/h7-10,13-14,16,27H,1-6H3,(H,23,24)(H,25,26)/t13-,14?,16?,20-/m0/s1. The van der Waals surface area contributed by atoms with Crippen LogP contribution in [-0.2, 0) is 10.4 Å². The van der Waals surface area contributed by atoms with Gasteiger partial charge >= 0.3 is 12.1 Å². The zero-order chi connectivity index (χ0) is 20.9. The summed E-state index contributed by atoms with van der Waals surface area (Å²) in [5, 5.41) is 31.8. The summed E-state index contributed by atoms with van der Waals surface area (Å²) in [5.74, 6) is -2.76. The van der Waals surface area contributed by atoms with E-state index in [0.29, 0.717) is 5.56 Å². The van der Waals surface area contributed by atoms with Crippen LogP contribution in [0.2, 0.25) is 0 Å². The van der Waals surface area contributed by atoms with Gasteiger partial charge in [-0.05, 0) is 28.5 Å². The van der Waals surface area contributed by atoms with Crippen LogP contribution >= 0.6 is 0 Å². The summed E-state index contributed by atoms with van der Waals surface area (Å²) in [4.78, 5) is 25.1. The smallest absolute Gasteiger partial charge is 0.408 e. The zero-order valence-electron chi connectivity index (χ0n) is 16.5. The van der Waals surface area contributed by atoms with E-state index in [2.05, 4.69) is 0 Å². The number of carboxylic acids is 1. The van der Waals surface area contributed by atoms with E-state index in [4.69, 9.17) is 0 Å². The Bertz CT molecular complexity index is 694. The second-order valence-electron chi connectivity index (χ2n) is 9.42. The molecule has 2 rings (SSSR count). The Hall–Kier alpha value is -2.15. The third kappa shape index (κ3) is 3.40. The molecule has 4 atom stereocenters. The highest BCUT2D eigenvalue weighted by Crippen LogP contribution is 2.57. The number of amides is 1. The lowest BCUT2D eigenvalue weighted by Gasteiger charge is -2.45. The molecule has 150 valence electrons. The van der Waals surface area contributed by atoms with Crippen molar-refractivity contribution in [3.05, 3.63) is 35.6 Å². The van der Waals surface area contributed by atoms with Gasteiger partial charge in [-0.15, -0.1) is 0 Å². The van der Waals surface area contributed by atoms with E-state index in [9.17, 15) is 29.3 Å². The minimum absolute atomic E-state index is 0.304. The van der Waals surface area contributed by atoms with Gasteiger partial charge in [0.2, 0.25) is 0 Å². The molecule has 0 bridgehead atoms. The van der Waals surface area contributed by atoms with Crippen LogP contribution in [0.4, 0.5) is 9.18 Å². The molecule has 0 spiro atoms. The predicted molar refractivity (Wildman–Crippen MR) is 97.8 cm³/mol. The molecule has 0 aliphatic carbocycles. The van der Waals surface area contributed by atoms with Crippen molar-refractivity contribution in [1.82, 2.24) is 4.90 Å². The molecule has 7 heteroatoms. The lowest BCUT2D eigenvalue weighted by atomic mass is 9.62. The van der Waals surface area contributed by atoms with Gasteiger partial charge in [-0.1, -0.05) is 53.7 Å². The van der Waals surface area contributed by atoms with Crippen molar-refractivity contribution in [1.29, 1.82) is 0 Å². The summed E-state index contributed by atoms with van der Waals surface area (Å²) in [7, 11) is 0. The van der Waals surface area contributed by atoms with Gasteiger partial charge in [0.05, 0.1) is 6.04 Å². The molecule has 1 saturated heterocycles. The van der Waals surface area contributed by atoms with E-state index in [1.54, 1.807) is 41.5 Å². The van der Waals surface area contributed by atoms with Crippen LogP contribution in [0.1, 0.15) is 47.1 Å². The van der Waals surface area contributed by atoms with Gasteiger partial charge in [0.25, 0.3) is 0 Å². The minimum atomic E-state index is -1.81. The van der Waals surface area contributed by atoms with E-state index < -0.39 is 52.3 Å². The van der Waals surface area contributed by atoms with Gasteiger partial charge in [-0.3, -0.25) is 4.90 Å². The lowest BCUT2D eigenvalue weighted by molar-refractivity contribution is -0.146. The summed E-state index contributed by atoms with van der Waals surface area (Å²) in [5.41, 5.74) is -3.04. The highest BCUT2D eigenvalue weighted by molar-refractivity contribution is 5.82. The van der Waals surface area contributed by atoms with Crippen molar-refractivity contribution >= 4 is 12.1 Å². The number of carbonyl (C=O) groups is 2. The largest absolute Gasteiger partial charge is 0.480 e. The molecule has 0 saturated carbocycles. The van der Waals surface area contributed by atoms with Gasteiger partial charge in [-0.25, -0.2) is 14.0 Å². The third-order valence-electron chi connectivity index (χ3n) is 5.32. The highest BCUT2D eigenvalue weighted by atomic mass is 19.1. The Balaban J connectivity index is 2.90. The van der Waals surface area contributed by atoms with Crippen LogP contribution in [-0.4, -0.2) is 44.4 Å². The van der Waals surface area contributed by atoms with Gasteiger partial charge < -0.3 is 15.3 Å². The van der Waals surface area contributed by atoms with Crippen LogP contribution < -0.4 is 0 Å². The fourth-order valence-corrected chi connectivity index (χ4v) is 4.70. The number of benzene rings is 1. The van der Waals surface area contributed by atoms with E-state index in [-0.39, 0.29) is 0 Å². The van der Waals surface area contributed by atoms with Crippen molar-refractivity contribution in [3.8, 4) is 0 Å². The predicted octanol–water partition coefficient (Wildman–Crippen LogP) is 3.54. The van der Waals surface area contributed by atoms with Crippen molar-refractivity contribution in [2.45, 2.75) is 59.2 Å². The number of hydrogen-bond acceptors (Lipinski definition) is 3. The Labute approximate surface area is 158 Å². The van der Waals surface area contributed by atoms with Gasteiger partial charge in [0.1, 0.15) is 17.5 Å². The van der Waals surface area contributed by atoms with E-state index in [1.807, 2.05) is 0 Å². The molecule has 0 aromatic heterocycles. The first-order chi connectivity index (χ1) is 12.1. The molecular formula is C20H28FNO5. The average Bonchev–Trinajstić information content (AvgIpc) is 2.78. The Morgan fingerprint density at radius 3 is 1.81 bits per heavy atom. The maximum absolute atomic E-state index is 13.5. The molecule has 1 fully saturated rings. The summed E-state index contributed by atoms with van der Waals surface area (Å²) in [6, 6.07) is 2.69. The lowest BCUT2D eigenvalue weighted by Crippen LogP contribution is -2.54. The monoisotopic (exact) mass is 381 g/mol. The number of rotatable bonds is 2. The molecule has 1 aliphatic rings. The third-order valence-corrected chi connectivity index (χ3v) is 5.32. The van der Waals surface area contributed by atoms with E-state index in [1.165, 1.54) is 24.3 Å². The Kier molecular flexibility index (Phi) is 5.07. The second kappa shape index (κ2) is 6.48. The number of carboxylic acid groups (broad SMARTS) is 2. The van der Waals surface area contributed by atoms with Gasteiger partial charge in [0.15, 0.2) is 0 Å². The molecule has 3 N–H and O–H groups in total. The van der Waals surface area contributed by atoms with E-state index >= 15 is 0 Å². The summed E-state index contributed by atoms with van der Waals surface area (Å²) in [6.45, 7) is 10.6. The van der Waals surface area contributed by atoms with Gasteiger partial charge in [-0.2, -0.15) is 0 Å². The van der Waals surface area contributed by atoms with E-state index in [0.717, 1.165) is 4.90 Å². The topological polar surface area (TPSA) is 98.1 Å². The molecule has 1 aromatic carbocycles. The van der Waals surface area contributed by atoms with Crippen LogP contribution in [0.25, 0.3) is 0 Å². The number of aliphatic carboxylic acids is 1. The maximum atomic E-state index is 13.5. The van der Waals surface area contributed by atoms with Gasteiger partial charge in [0, 0.05) is 5.92 Å². The quantitative estimate of drug-likeness (QED) is 0.728. The number of hydrogen-bond donors (Lipinski definition) is 3. The summed E-state index contributed by atoms with van der Waals surface area (Å²) >= 11 is 0. The number of nitrogens with zero attached hydrogens (tertiary/aromatic N) is 1. The molecule has 2 unspecified atom stereocenters. The maximum Gasteiger partial charge on any atom is 0.408 e. The number of aliphatic hydroxyl groups is 1. The first kappa shape index (κ1) is 21.2. The first-order valence-electron chi connectivity index (χ1n) is 8.86. The van der Waals surface area contributed by atoms with Crippen LogP contribution in [0.15, 0.2) is 24.3 Å². The zero-order valence-corrected chi connectivity index (χ0v) is 16.5.